The number of ether oxygens (including phenoxy) is 2. The van der Waals surface area contributed by atoms with Crippen LogP contribution in [0.15, 0.2) is 127 Å². The molecule has 190 valence electrons. The molecular weight excluding hydrogens is 503 g/mol. The fraction of sp³-hybridized carbons (Fsp3) is 0. The minimum absolute atomic E-state index is 0.0418. The first-order chi connectivity index (χ1) is 20.3. The maximum Gasteiger partial charge on any atom is 0.266 e. The summed E-state index contributed by atoms with van der Waals surface area (Å²) >= 11 is 0. The second kappa shape index (κ2) is 7.61. The van der Waals surface area contributed by atoms with Crippen molar-refractivity contribution in [3.8, 4) is 28.7 Å². The van der Waals surface area contributed by atoms with Crippen molar-refractivity contribution in [2.45, 2.75) is 0 Å². The lowest BCUT2D eigenvalue weighted by atomic mass is 9.33. The number of hydrogen-bond acceptors (Lipinski definition) is 3. The van der Waals surface area contributed by atoms with Gasteiger partial charge in [0.1, 0.15) is 23.0 Å². The number of aromatic nitrogens is 1. The van der Waals surface area contributed by atoms with E-state index in [1.54, 1.807) is 0 Å². The minimum atomic E-state index is 0.0418. The van der Waals surface area contributed by atoms with Crippen LogP contribution in [-0.4, -0.2) is 11.3 Å². The Kier molecular flexibility index (Phi) is 3.98. The Hall–Kier alpha value is -5.42. The molecule has 3 aliphatic heterocycles. The van der Waals surface area contributed by atoms with Gasteiger partial charge in [-0.15, -0.1) is 0 Å². The van der Waals surface area contributed by atoms with Gasteiger partial charge in [0.25, 0.3) is 6.71 Å². The molecule has 0 fully saturated rings. The number of hydrogen-bond donors (Lipinski definition) is 0. The van der Waals surface area contributed by atoms with Crippen LogP contribution >= 0.6 is 0 Å². The normalized spacial score (nSPS) is 13.2. The highest BCUT2D eigenvalue weighted by Crippen LogP contribution is 2.45. The highest BCUT2D eigenvalue weighted by Gasteiger charge is 2.46. The smallest absolute Gasteiger partial charge is 0.266 e. The molecule has 0 radical (unpaired) electrons. The van der Waals surface area contributed by atoms with Gasteiger partial charge in [0, 0.05) is 45.4 Å². The van der Waals surface area contributed by atoms with E-state index in [0.29, 0.717) is 0 Å². The molecule has 0 spiro atoms. The number of anilines is 3. The molecule has 6 aromatic carbocycles. The van der Waals surface area contributed by atoms with Crippen molar-refractivity contribution in [2.75, 3.05) is 4.90 Å². The van der Waals surface area contributed by atoms with E-state index < -0.39 is 0 Å². The maximum atomic E-state index is 6.81. The van der Waals surface area contributed by atoms with E-state index in [1.165, 1.54) is 38.4 Å². The van der Waals surface area contributed by atoms with Crippen molar-refractivity contribution in [3.63, 3.8) is 0 Å². The molecule has 0 aliphatic carbocycles. The third-order valence-corrected chi connectivity index (χ3v) is 8.80. The van der Waals surface area contributed by atoms with E-state index in [2.05, 4.69) is 125 Å². The summed E-state index contributed by atoms with van der Waals surface area (Å²) in [5, 5.41) is 2.51. The van der Waals surface area contributed by atoms with Crippen LogP contribution < -0.4 is 30.8 Å². The van der Waals surface area contributed by atoms with Crippen LogP contribution in [0, 0.1) is 0 Å². The Bertz CT molecular complexity index is 2170. The van der Waals surface area contributed by atoms with Crippen molar-refractivity contribution >= 4 is 62.0 Å². The van der Waals surface area contributed by atoms with Gasteiger partial charge < -0.3 is 18.9 Å². The fourth-order valence-electron chi connectivity index (χ4n) is 7.23. The average Bonchev–Trinajstić information content (AvgIpc) is 3.37. The van der Waals surface area contributed by atoms with E-state index in [1.807, 2.05) is 12.1 Å². The molecule has 5 heteroatoms. The molecule has 7 aromatic rings. The number of fused-ring (bicyclic) bond motifs is 4. The predicted molar refractivity (Wildman–Crippen MR) is 167 cm³/mol. The summed E-state index contributed by atoms with van der Waals surface area (Å²) in [6.07, 6.45) is 0. The van der Waals surface area contributed by atoms with Crippen molar-refractivity contribution in [1.82, 2.24) is 4.57 Å². The number of benzene rings is 6. The zero-order chi connectivity index (χ0) is 26.7. The van der Waals surface area contributed by atoms with E-state index in [4.69, 9.17) is 9.47 Å². The first-order valence-electron chi connectivity index (χ1n) is 14.0. The molecule has 1 aromatic heterocycles. The number of nitrogens with zero attached hydrogens (tertiary/aromatic N) is 2. The largest absolute Gasteiger partial charge is 0.458 e. The van der Waals surface area contributed by atoms with Crippen molar-refractivity contribution < 1.29 is 9.47 Å². The van der Waals surface area contributed by atoms with Gasteiger partial charge in [-0.25, -0.2) is 0 Å². The molecule has 0 unspecified atom stereocenters. The van der Waals surface area contributed by atoms with Crippen molar-refractivity contribution in [2.24, 2.45) is 0 Å². The second-order valence-electron chi connectivity index (χ2n) is 10.9. The van der Waals surface area contributed by atoms with Crippen LogP contribution in [0.4, 0.5) is 17.1 Å². The van der Waals surface area contributed by atoms with Gasteiger partial charge in [0.05, 0.1) is 16.7 Å². The van der Waals surface area contributed by atoms with E-state index in [0.717, 1.165) is 45.5 Å². The summed E-state index contributed by atoms with van der Waals surface area (Å²) in [6.45, 7) is 0.0418. The van der Waals surface area contributed by atoms with Crippen molar-refractivity contribution in [1.29, 1.82) is 0 Å². The molecule has 0 atom stereocenters. The van der Waals surface area contributed by atoms with Gasteiger partial charge in [-0.1, -0.05) is 60.7 Å². The first kappa shape index (κ1) is 21.4. The Morgan fingerprint density at radius 1 is 0.488 bits per heavy atom. The Balaban J connectivity index is 1.28. The zero-order valence-corrected chi connectivity index (χ0v) is 21.9. The molecule has 41 heavy (non-hydrogen) atoms. The fourth-order valence-corrected chi connectivity index (χ4v) is 7.23. The van der Waals surface area contributed by atoms with Gasteiger partial charge in [-0.3, -0.25) is 0 Å². The molecule has 0 bridgehead atoms. The van der Waals surface area contributed by atoms with Gasteiger partial charge in [0.2, 0.25) is 0 Å². The van der Waals surface area contributed by atoms with Crippen molar-refractivity contribution in [3.05, 3.63) is 127 Å². The minimum Gasteiger partial charge on any atom is -0.458 e. The van der Waals surface area contributed by atoms with Gasteiger partial charge in [0.15, 0.2) is 0 Å². The quantitative estimate of drug-likeness (QED) is 0.227. The predicted octanol–water partition coefficient (Wildman–Crippen LogP) is 7.29. The molecule has 4 heterocycles. The maximum absolute atomic E-state index is 6.81. The summed E-state index contributed by atoms with van der Waals surface area (Å²) in [7, 11) is 0. The highest BCUT2D eigenvalue weighted by molar-refractivity contribution is 7.00. The molecule has 3 aliphatic rings. The topological polar surface area (TPSA) is 26.6 Å². The van der Waals surface area contributed by atoms with Gasteiger partial charge in [-0.2, -0.15) is 0 Å². The second-order valence-corrected chi connectivity index (χ2v) is 10.9. The van der Waals surface area contributed by atoms with Crippen LogP contribution in [0.25, 0.3) is 27.5 Å². The first-order valence-corrected chi connectivity index (χ1v) is 14.0. The lowest BCUT2D eigenvalue weighted by Gasteiger charge is -2.38. The lowest BCUT2D eigenvalue weighted by molar-refractivity contribution is 0.464. The van der Waals surface area contributed by atoms with E-state index in [9.17, 15) is 0 Å². The average molecular weight is 524 g/mol. The molecular formula is C36H21BN2O2. The summed E-state index contributed by atoms with van der Waals surface area (Å²) in [6, 6.07) is 44.7. The van der Waals surface area contributed by atoms with E-state index >= 15 is 0 Å². The Morgan fingerprint density at radius 3 is 1.88 bits per heavy atom. The molecule has 0 saturated carbocycles. The van der Waals surface area contributed by atoms with E-state index in [-0.39, 0.29) is 6.71 Å². The third-order valence-electron chi connectivity index (χ3n) is 8.80. The van der Waals surface area contributed by atoms with Gasteiger partial charge in [-0.05, 0) is 65.5 Å². The SMILES string of the molecule is c1ccc(N(c2ccccc2)c2cc3c4c(c2)Oc2ccc5c6ccccc6n6c5c2B4c2c(cccc2-6)O3)cc1. The van der Waals surface area contributed by atoms with Crippen LogP contribution in [-0.2, 0) is 0 Å². The molecule has 0 saturated heterocycles. The Morgan fingerprint density at radius 2 is 1.15 bits per heavy atom. The van der Waals surface area contributed by atoms with Crippen LogP contribution in [0.5, 0.6) is 23.0 Å². The molecule has 4 nitrogen and oxygen atoms in total. The third kappa shape index (κ3) is 2.70. The lowest BCUT2D eigenvalue weighted by Crippen LogP contribution is -2.60. The van der Waals surface area contributed by atoms with Gasteiger partial charge >= 0.3 is 0 Å². The molecule has 0 amide bonds. The highest BCUT2D eigenvalue weighted by atomic mass is 16.5. The Labute approximate surface area is 236 Å². The monoisotopic (exact) mass is 524 g/mol. The zero-order valence-electron chi connectivity index (χ0n) is 21.9. The van der Waals surface area contributed by atoms with Crippen LogP contribution in [0.2, 0.25) is 0 Å². The summed E-state index contributed by atoms with van der Waals surface area (Å²) in [4.78, 5) is 2.26. The van der Waals surface area contributed by atoms with Crippen LogP contribution in [0.1, 0.15) is 0 Å². The summed E-state index contributed by atoms with van der Waals surface area (Å²) in [5.41, 5.74) is 10.3. The van der Waals surface area contributed by atoms with Crippen LogP contribution in [0.3, 0.4) is 0 Å². The summed E-state index contributed by atoms with van der Waals surface area (Å²) < 4.78 is 16.0. The number of rotatable bonds is 3. The number of para-hydroxylation sites is 3. The molecule has 0 N–H and O–H groups in total. The molecule has 10 rings (SSSR count). The summed E-state index contributed by atoms with van der Waals surface area (Å²) in [5.74, 6) is 3.50. The standard InChI is InChI=1S/C36H21BN2O2/c1-3-10-22(11-4-1)38(23-12-5-2-6-13-23)24-20-31-34-32(21-24)41-30-19-18-26-25-14-7-8-15-27(25)39-28-16-9-17-29(40-31)33(28)37(34)35(30)36(26)39/h1-21H.